The Morgan fingerprint density at radius 3 is 2.20 bits per heavy atom. The highest BCUT2D eigenvalue weighted by Crippen LogP contribution is 2.52. The molecule has 2 N–H and O–H groups in total. The number of hydrogen-bond acceptors (Lipinski definition) is 9. The fourth-order valence-electron chi connectivity index (χ4n) is 4.14. The molecule has 0 bridgehead atoms. The molecule has 1 fully saturated rings. The summed E-state index contributed by atoms with van der Waals surface area (Å²) < 4.78 is 43.7. The van der Waals surface area contributed by atoms with Crippen LogP contribution in [0, 0.1) is 6.92 Å². The summed E-state index contributed by atoms with van der Waals surface area (Å²) in [5, 5.41) is 11.6. The van der Waals surface area contributed by atoms with Crippen molar-refractivity contribution in [2.45, 2.75) is 37.9 Å². The number of nitrogens with one attached hydrogen (secondary N) is 1. The van der Waals surface area contributed by atoms with Crippen LogP contribution in [0.2, 0.25) is 10.0 Å². The molecule has 2 aromatic carbocycles. The van der Waals surface area contributed by atoms with Crippen molar-refractivity contribution in [1.82, 2.24) is 9.55 Å². The summed E-state index contributed by atoms with van der Waals surface area (Å²) in [7, 11) is -2.50. The van der Waals surface area contributed by atoms with E-state index in [1.165, 1.54) is 20.2 Å². The first-order chi connectivity index (χ1) is 19.1. The van der Waals surface area contributed by atoms with Crippen LogP contribution in [0.5, 0.6) is 11.5 Å². The number of aromatic nitrogens is 2. The Morgan fingerprint density at radius 1 is 1.02 bits per heavy atom. The molecule has 0 saturated carbocycles. The third kappa shape index (κ3) is 7.16. The number of H-pyrrole nitrogens is 1. The van der Waals surface area contributed by atoms with E-state index in [-0.39, 0.29) is 52.9 Å². The van der Waals surface area contributed by atoms with E-state index in [1.54, 1.807) is 48.5 Å². The lowest BCUT2D eigenvalue weighted by atomic mass is 10.1. The zero-order valence-electron chi connectivity index (χ0n) is 21.7. The second kappa shape index (κ2) is 13.4. The van der Waals surface area contributed by atoms with Crippen LogP contribution < -0.4 is 20.3 Å². The van der Waals surface area contributed by atoms with Crippen LogP contribution in [0.25, 0.3) is 0 Å². The van der Waals surface area contributed by atoms with Gasteiger partial charge >= 0.3 is 13.3 Å². The van der Waals surface area contributed by atoms with E-state index in [9.17, 15) is 19.3 Å². The van der Waals surface area contributed by atoms with Gasteiger partial charge in [-0.25, -0.2) is 9.36 Å². The molecule has 1 aliphatic rings. The minimum Gasteiger partial charge on any atom is -0.414 e. The van der Waals surface area contributed by atoms with E-state index in [4.69, 9.17) is 46.5 Å². The van der Waals surface area contributed by atoms with Crippen LogP contribution in [0.1, 0.15) is 18.2 Å². The molecule has 14 heteroatoms. The number of ether oxygens (including phenoxy) is 3. The Labute approximate surface area is 240 Å². The minimum absolute atomic E-state index is 0.0227. The molecule has 0 radical (unpaired) electrons. The lowest BCUT2D eigenvalue weighted by molar-refractivity contribution is -0.0797. The molecule has 1 aliphatic heterocycles. The number of rotatable bonds is 12. The number of hydrogen-bond donors (Lipinski definition) is 2. The normalized spacial score (nSPS) is 20.9. The summed E-state index contributed by atoms with van der Waals surface area (Å²) >= 11 is 12.5. The van der Waals surface area contributed by atoms with Gasteiger partial charge in [0.05, 0.1) is 35.5 Å². The minimum atomic E-state index is -3.99. The van der Waals surface area contributed by atoms with Crippen molar-refractivity contribution < 1.29 is 32.9 Å². The molecule has 40 heavy (non-hydrogen) atoms. The van der Waals surface area contributed by atoms with Crippen LogP contribution in [-0.4, -0.2) is 59.5 Å². The quantitative estimate of drug-likeness (QED) is 0.227. The van der Waals surface area contributed by atoms with E-state index in [0.29, 0.717) is 0 Å². The predicted molar refractivity (Wildman–Crippen MR) is 149 cm³/mol. The maximum absolute atomic E-state index is 14.1. The standard InChI is InChI=1S/C26H29Cl2N2O9P/c1-16-15-30(26(33)29-24(16)32)25-23(36-13-12-35-2)22(31)21(37-25)11-14-40(34,38-19-9-5-3-7-17(19)27)39-20-10-6-4-8-18(20)28/h3-10,15,21-23,25,31H,11-14H2,1-2H3,(H,29,32,33)/t21-,22-,23-,25?/m1/s1. The number of aromatic amines is 1. The molecular weight excluding hydrogens is 586 g/mol. The Morgan fingerprint density at radius 2 is 1.62 bits per heavy atom. The lowest BCUT2D eigenvalue weighted by Gasteiger charge is -2.23. The highest BCUT2D eigenvalue weighted by Gasteiger charge is 2.47. The molecule has 11 nitrogen and oxygen atoms in total. The number of aliphatic hydroxyl groups excluding tert-OH is 1. The Kier molecular flexibility index (Phi) is 10.1. The monoisotopic (exact) mass is 614 g/mol. The first-order valence-electron chi connectivity index (χ1n) is 12.4. The number of aliphatic hydroxyl groups is 1. The molecule has 3 aromatic rings. The van der Waals surface area contributed by atoms with E-state index < -0.39 is 43.4 Å². The van der Waals surface area contributed by atoms with Gasteiger partial charge in [0.15, 0.2) is 6.23 Å². The third-order valence-electron chi connectivity index (χ3n) is 6.17. The van der Waals surface area contributed by atoms with Crippen LogP contribution in [0.15, 0.2) is 64.3 Å². The van der Waals surface area contributed by atoms with Gasteiger partial charge in [0, 0.05) is 18.9 Å². The number of nitrogens with zero attached hydrogens (tertiary/aromatic N) is 1. The number of para-hydroxylation sites is 2. The lowest BCUT2D eigenvalue weighted by Crippen LogP contribution is -2.40. The smallest absolute Gasteiger partial charge is 0.414 e. The van der Waals surface area contributed by atoms with Gasteiger partial charge in [0.25, 0.3) is 5.56 Å². The zero-order chi connectivity index (χ0) is 28.9. The fraction of sp³-hybridized carbons (Fsp3) is 0.385. The summed E-state index contributed by atoms with van der Waals surface area (Å²) in [6, 6.07) is 13.0. The van der Waals surface area contributed by atoms with Gasteiger partial charge < -0.3 is 28.4 Å². The zero-order valence-corrected chi connectivity index (χ0v) is 24.1. The number of benzene rings is 2. The summed E-state index contributed by atoms with van der Waals surface area (Å²) in [4.78, 5) is 26.7. The summed E-state index contributed by atoms with van der Waals surface area (Å²) in [6.07, 6.45) is -3.19. The highest BCUT2D eigenvalue weighted by molar-refractivity contribution is 7.54. The van der Waals surface area contributed by atoms with Crippen LogP contribution in [0.3, 0.4) is 0 Å². The van der Waals surface area contributed by atoms with Crippen molar-refractivity contribution in [2.75, 3.05) is 26.5 Å². The predicted octanol–water partition coefficient (Wildman–Crippen LogP) is 4.18. The van der Waals surface area contributed by atoms with Gasteiger partial charge in [-0.1, -0.05) is 47.5 Å². The Bertz CT molecular complexity index is 1430. The van der Waals surface area contributed by atoms with Crippen molar-refractivity contribution in [1.29, 1.82) is 0 Å². The summed E-state index contributed by atoms with van der Waals surface area (Å²) in [5.41, 5.74) is -1.01. The molecular formula is C26H29Cl2N2O9P. The molecule has 216 valence electrons. The van der Waals surface area contributed by atoms with Crippen molar-refractivity contribution in [2.24, 2.45) is 0 Å². The SMILES string of the molecule is COCCO[C@H]1C(n2cc(C)c(=O)[nH]c2=O)O[C@H](CCP(=O)(Oc2ccccc2Cl)Oc2ccccc2Cl)[C@H]1O. The van der Waals surface area contributed by atoms with E-state index in [2.05, 4.69) is 4.98 Å². The van der Waals surface area contributed by atoms with Crippen molar-refractivity contribution >= 4 is 30.8 Å². The fourth-order valence-corrected chi connectivity index (χ4v) is 6.30. The first kappa shape index (κ1) is 30.3. The largest absolute Gasteiger partial charge is 0.430 e. The number of aryl methyl sites for hydroxylation is 1. The molecule has 1 saturated heterocycles. The maximum Gasteiger partial charge on any atom is 0.430 e. The van der Waals surface area contributed by atoms with Crippen molar-refractivity contribution in [3.8, 4) is 11.5 Å². The van der Waals surface area contributed by atoms with Gasteiger partial charge in [-0.2, -0.15) is 0 Å². The van der Waals surface area contributed by atoms with Crippen LogP contribution in [-0.2, 0) is 18.8 Å². The molecule has 0 amide bonds. The number of halogens is 2. The van der Waals surface area contributed by atoms with Crippen LogP contribution in [0.4, 0.5) is 0 Å². The molecule has 0 spiro atoms. The van der Waals surface area contributed by atoms with Crippen molar-refractivity contribution in [3.05, 3.63) is 91.2 Å². The molecule has 0 aliphatic carbocycles. The van der Waals surface area contributed by atoms with Gasteiger partial charge in [-0.3, -0.25) is 14.3 Å². The topological polar surface area (TPSA) is 138 Å². The van der Waals surface area contributed by atoms with Gasteiger partial charge in [-0.05, 0) is 37.6 Å². The molecule has 1 aromatic heterocycles. The second-order valence-electron chi connectivity index (χ2n) is 9.03. The molecule has 1 unspecified atom stereocenters. The van der Waals surface area contributed by atoms with E-state index in [1.807, 2.05) is 0 Å². The molecule has 4 atom stereocenters. The summed E-state index contributed by atoms with van der Waals surface area (Å²) in [6.45, 7) is 1.87. The average Bonchev–Trinajstić information content (AvgIpc) is 3.23. The average molecular weight is 615 g/mol. The first-order valence-corrected chi connectivity index (χ1v) is 14.8. The second-order valence-corrected chi connectivity index (χ2v) is 11.9. The van der Waals surface area contributed by atoms with Gasteiger partial charge in [-0.15, -0.1) is 0 Å². The van der Waals surface area contributed by atoms with Gasteiger partial charge in [0.2, 0.25) is 0 Å². The van der Waals surface area contributed by atoms with Gasteiger partial charge in [0.1, 0.15) is 23.7 Å². The number of methoxy groups -OCH3 is 1. The highest BCUT2D eigenvalue weighted by atomic mass is 35.5. The Balaban J connectivity index is 1.60. The summed E-state index contributed by atoms with van der Waals surface area (Å²) in [5.74, 6) is 0.280. The maximum atomic E-state index is 14.1. The molecule has 2 heterocycles. The van der Waals surface area contributed by atoms with Crippen LogP contribution >= 0.6 is 30.8 Å². The Hall–Kier alpha value is -2.63. The van der Waals surface area contributed by atoms with E-state index >= 15 is 0 Å². The molecule has 4 rings (SSSR count). The third-order valence-corrected chi connectivity index (χ3v) is 8.55. The van der Waals surface area contributed by atoms with E-state index in [0.717, 1.165) is 4.57 Å². The van der Waals surface area contributed by atoms with Crippen molar-refractivity contribution in [3.63, 3.8) is 0 Å².